The summed E-state index contributed by atoms with van der Waals surface area (Å²) >= 11 is 1.93. The van der Waals surface area contributed by atoms with Crippen molar-refractivity contribution in [2.45, 2.75) is 23.7 Å². The molecule has 0 saturated carbocycles. The van der Waals surface area contributed by atoms with Crippen LogP contribution in [0.4, 0.5) is 0 Å². The van der Waals surface area contributed by atoms with Crippen LogP contribution in [-0.2, 0) is 11.2 Å². The van der Waals surface area contributed by atoms with Gasteiger partial charge < -0.3 is 14.4 Å². The molecule has 3 heterocycles. The molecule has 1 aromatic heterocycles. The molecule has 2 fully saturated rings. The Kier molecular flexibility index (Phi) is 4.76. The zero-order valence-corrected chi connectivity index (χ0v) is 15.6. The summed E-state index contributed by atoms with van der Waals surface area (Å²) < 4.78 is 11.3. The molecule has 0 bridgehead atoms. The number of rotatable bonds is 5. The van der Waals surface area contributed by atoms with Crippen LogP contribution in [0.5, 0.6) is 11.6 Å². The minimum atomic E-state index is 0.162. The molecule has 5 nitrogen and oxygen atoms in total. The van der Waals surface area contributed by atoms with Crippen molar-refractivity contribution in [3.63, 3.8) is 0 Å². The summed E-state index contributed by atoms with van der Waals surface area (Å²) in [5.74, 6) is 2.64. The van der Waals surface area contributed by atoms with E-state index in [4.69, 9.17) is 9.47 Å². The molecule has 1 aromatic carbocycles. The first-order valence-electron chi connectivity index (χ1n) is 8.78. The van der Waals surface area contributed by atoms with Crippen molar-refractivity contribution in [3.8, 4) is 11.6 Å². The molecule has 136 valence electrons. The summed E-state index contributed by atoms with van der Waals surface area (Å²) in [5, 5.41) is 0. The number of thioether (sulfide) groups is 1. The average molecular weight is 370 g/mol. The summed E-state index contributed by atoms with van der Waals surface area (Å²) in [6.07, 6.45) is 3.34. The summed E-state index contributed by atoms with van der Waals surface area (Å²) in [7, 11) is 1.64. The van der Waals surface area contributed by atoms with E-state index in [0.717, 1.165) is 36.6 Å². The van der Waals surface area contributed by atoms with Gasteiger partial charge in [-0.25, -0.2) is 4.98 Å². The van der Waals surface area contributed by atoms with Crippen LogP contribution in [0.15, 0.2) is 48.7 Å². The lowest BCUT2D eigenvalue weighted by molar-refractivity contribution is -0.135. The van der Waals surface area contributed by atoms with Gasteiger partial charge in [0, 0.05) is 37.5 Å². The van der Waals surface area contributed by atoms with Crippen LogP contribution in [0.2, 0.25) is 0 Å². The second kappa shape index (κ2) is 7.19. The van der Waals surface area contributed by atoms with Gasteiger partial charge in [-0.15, -0.1) is 11.8 Å². The third-order valence-electron chi connectivity index (χ3n) is 4.93. The molecule has 1 spiro atoms. The second-order valence-electron chi connectivity index (χ2n) is 6.88. The zero-order chi connectivity index (χ0) is 18.0. The first-order chi connectivity index (χ1) is 12.7. The number of aromatic nitrogens is 1. The number of ether oxygens (including phenoxy) is 2. The Morgan fingerprint density at radius 3 is 2.77 bits per heavy atom. The molecule has 2 saturated heterocycles. The lowest BCUT2D eigenvalue weighted by Crippen LogP contribution is -2.61. The topological polar surface area (TPSA) is 51.7 Å². The van der Waals surface area contributed by atoms with E-state index in [-0.39, 0.29) is 16.8 Å². The van der Waals surface area contributed by atoms with Gasteiger partial charge >= 0.3 is 0 Å². The van der Waals surface area contributed by atoms with E-state index < -0.39 is 0 Å². The summed E-state index contributed by atoms with van der Waals surface area (Å²) in [4.78, 5) is 18.7. The van der Waals surface area contributed by atoms with Crippen LogP contribution in [-0.4, -0.2) is 52.6 Å². The molecule has 0 unspecified atom stereocenters. The lowest BCUT2D eigenvalue weighted by Gasteiger charge is -2.47. The predicted octanol–water partition coefficient (Wildman–Crippen LogP) is 2.80. The third-order valence-corrected chi connectivity index (χ3v) is 6.50. The van der Waals surface area contributed by atoms with Crippen molar-refractivity contribution >= 4 is 17.7 Å². The summed E-state index contributed by atoms with van der Waals surface area (Å²) in [5.41, 5.74) is 1.02. The lowest BCUT2D eigenvalue weighted by atomic mass is 9.92. The van der Waals surface area contributed by atoms with Crippen molar-refractivity contribution in [2.75, 3.05) is 26.0 Å². The molecule has 0 radical (unpaired) electrons. The van der Waals surface area contributed by atoms with E-state index >= 15 is 0 Å². The standard InChI is InChI=1S/C20H22N2O3S/c1-24-16-7-5-15(6-8-16)10-19(23)22-13-20(14-22)11-17(12-26-20)25-18-4-2-3-9-21-18/h2-9,17H,10-14H2,1H3/t17-/m1/s1. The predicted molar refractivity (Wildman–Crippen MR) is 102 cm³/mol. The minimum Gasteiger partial charge on any atom is -0.497 e. The fourth-order valence-electron chi connectivity index (χ4n) is 3.54. The summed E-state index contributed by atoms with van der Waals surface area (Å²) in [6.45, 7) is 1.63. The number of carbonyl (C=O) groups is 1. The maximum atomic E-state index is 12.5. The number of hydrogen-bond acceptors (Lipinski definition) is 5. The number of likely N-dealkylation sites (tertiary alicyclic amines) is 1. The Morgan fingerprint density at radius 2 is 2.08 bits per heavy atom. The largest absolute Gasteiger partial charge is 0.497 e. The number of nitrogens with zero attached hydrogens (tertiary/aromatic N) is 2. The molecule has 1 atom stereocenters. The van der Waals surface area contributed by atoms with E-state index in [2.05, 4.69) is 4.98 Å². The fourth-order valence-corrected chi connectivity index (χ4v) is 5.06. The van der Waals surface area contributed by atoms with Crippen molar-refractivity contribution in [2.24, 2.45) is 0 Å². The van der Waals surface area contributed by atoms with Crippen LogP contribution >= 0.6 is 11.8 Å². The van der Waals surface area contributed by atoms with E-state index in [1.54, 1.807) is 13.3 Å². The van der Waals surface area contributed by atoms with E-state index in [1.165, 1.54) is 0 Å². The fraction of sp³-hybridized carbons (Fsp3) is 0.400. The zero-order valence-electron chi connectivity index (χ0n) is 14.8. The normalized spacial score (nSPS) is 20.7. The van der Waals surface area contributed by atoms with Crippen molar-refractivity contribution < 1.29 is 14.3 Å². The minimum absolute atomic E-state index is 0.162. The van der Waals surface area contributed by atoms with E-state index in [1.807, 2.05) is 59.1 Å². The van der Waals surface area contributed by atoms with Gasteiger partial charge in [0.15, 0.2) is 0 Å². The molecule has 0 N–H and O–H groups in total. The van der Waals surface area contributed by atoms with Crippen molar-refractivity contribution in [3.05, 3.63) is 54.2 Å². The molecule has 2 aliphatic heterocycles. The maximum absolute atomic E-state index is 12.5. The second-order valence-corrected chi connectivity index (χ2v) is 8.37. The SMILES string of the molecule is COc1ccc(CC(=O)N2CC3(C[C@@H](Oc4ccccn4)CS3)C2)cc1. The molecular weight excluding hydrogens is 348 g/mol. The molecule has 0 aliphatic carbocycles. The first-order valence-corrected chi connectivity index (χ1v) is 9.77. The number of hydrogen-bond donors (Lipinski definition) is 0. The monoisotopic (exact) mass is 370 g/mol. The van der Waals surface area contributed by atoms with Gasteiger partial charge in [0.1, 0.15) is 11.9 Å². The quantitative estimate of drug-likeness (QED) is 0.810. The van der Waals surface area contributed by atoms with Gasteiger partial charge in [0.05, 0.1) is 18.3 Å². The Labute approximate surface area is 157 Å². The molecule has 4 rings (SSSR count). The van der Waals surface area contributed by atoms with Gasteiger partial charge in [-0.2, -0.15) is 0 Å². The third kappa shape index (κ3) is 3.65. The molecule has 2 aromatic rings. The first kappa shape index (κ1) is 17.2. The highest BCUT2D eigenvalue weighted by Gasteiger charge is 2.51. The van der Waals surface area contributed by atoms with Gasteiger partial charge in [0.25, 0.3) is 0 Å². The Bertz CT molecular complexity index is 760. The number of amides is 1. The van der Waals surface area contributed by atoms with Crippen molar-refractivity contribution in [1.82, 2.24) is 9.88 Å². The van der Waals surface area contributed by atoms with Crippen LogP contribution < -0.4 is 9.47 Å². The molecule has 2 aliphatic rings. The highest BCUT2D eigenvalue weighted by Crippen LogP contribution is 2.46. The average Bonchev–Trinajstić information content (AvgIpc) is 3.06. The van der Waals surface area contributed by atoms with Crippen LogP contribution in [0.3, 0.4) is 0 Å². The number of carbonyl (C=O) groups excluding carboxylic acids is 1. The molecular formula is C20H22N2O3S. The van der Waals surface area contributed by atoms with E-state index in [0.29, 0.717) is 12.3 Å². The van der Waals surface area contributed by atoms with E-state index in [9.17, 15) is 4.79 Å². The number of pyridine rings is 1. The Hall–Kier alpha value is -2.21. The van der Waals surface area contributed by atoms with Gasteiger partial charge in [-0.05, 0) is 23.8 Å². The van der Waals surface area contributed by atoms with Gasteiger partial charge in [-0.3, -0.25) is 4.79 Å². The van der Waals surface area contributed by atoms with Crippen LogP contribution in [0.25, 0.3) is 0 Å². The van der Waals surface area contributed by atoms with Crippen LogP contribution in [0.1, 0.15) is 12.0 Å². The smallest absolute Gasteiger partial charge is 0.227 e. The maximum Gasteiger partial charge on any atom is 0.227 e. The number of methoxy groups -OCH3 is 1. The molecule has 1 amide bonds. The van der Waals surface area contributed by atoms with Crippen LogP contribution in [0, 0.1) is 0 Å². The van der Waals surface area contributed by atoms with Crippen molar-refractivity contribution in [1.29, 1.82) is 0 Å². The summed E-state index contributed by atoms with van der Waals surface area (Å²) in [6, 6.07) is 13.4. The van der Waals surface area contributed by atoms with Gasteiger partial charge in [-0.1, -0.05) is 18.2 Å². The highest BCUT2D eigenvalue weighted by molar-refractivity contribution is 8.01. The Morgan fingerprint density at radius 1 is 1.27 bits per heavy atom. The molecule has 26 heavy (non-hydrogen) atoms. The number of benzene rings is 1. The highest BCUT2D eigenvalue weighted by atomic mass is 32.2. The Balaban J connectivity index is 1.27. The van der Waals surface area contributed by atoms with Gasteiger partial charge in [0.2, 0.25) is 11.8 Å². The molecule has 6 heteroatoms.